The van der Waals surface area contributed by atoms with E-state index in [-0.39, 0.29) is 11.1 Å². The van der Waals surface area contributed by atoms with Crippen LogP contribution in [-0.4, -0.2) is 40.1 Å². The molecule has 0 N–H and O–H groups in total. The molecule has 0 unspecified atom stereocenters. The first-order valence-corrected chi connectivity index (χ1v) is 12.0. The van der Waals surface area contributed by atoms with E-state index in [1.165, 1.54) is 7.05 Å². The van der Waals surface area contributed by atoms with Crippen molar-refractivity contribution in [3.05, 3.63) is 82.0 Å². The average molecular weight is 501 g/mol. The minimum atomic E-state index is -0.609. The number of para-hydroxylation sites is 1. The molecule has 3 aromatic rings. The van der Waals surface area contributed by atoms with E-state index in [0.717, 1.165) is 29.0 Å². The SMILES string of the molecule is CCCCOc1ccc(-c2nn(-c3ccccc3)cc2/C=C2/C(=O)N(C)C(=O)C(C#N)=C2C)cc1Cl. The first-order valence-electron chi connectivity index (χ1n) is 11.6. The zero-order valence-electron chi connectivity index (χ0n) is 20.3. The number of nitrogens with zero attached hydrogens (tertiary/aromatic N) is 4. The van der Waals surface area contributed by atoms with Crippen molar-refractivity contribution >= 4 is 29.5 Å². The Morgan fingerprint density at radius 2 is 1.89 bits per heavy atom. The molecule has 0 saturated carbocycles. The van der Waals surface area contributed by atoms with Gasteiger partial charge in [0.15, 0.2) is 0 Å². The van der Waals surface area contributed by atoms with Gasteiger partial charge in [0.05, 0.1) is 17.3 Å². The molecule has 0 fully saturated rings. The Morgan fingerprint density at radius 3 is 2.56 bits per heavy atom. The molecular weight excluding hydrogens is 476 g/mol. The molecule has 8 heteroatoms. The van der Waals surface area contributed by atoms with Gasteiger partial charge in [-0.05, 0) is 55.3 Å². The summed E-state index contributed by atoms with van der Waals surface area (Å²) in [4.78, 5) is 26.3. The van der Waals surface area contributed by atoms with E-state index in [1.54, 1.807) is 29.9 Å². The van der Waals surface area contributed by atoms with Crippen molar-refractivity contribution in [2.75, 3.05) is 13.7 Å². The largest absolute Gasteiger partial charge is 0.492 e. The smallest absolute Gasteiger partial charge is 0.271 e. The second-order valence-corrected chi connectivity index (χ2v) is 8.81. The molecule has 2 heterocycles. The van der Waals surface area contributed by atoms with Crippen molar-refractivity contribution in [1.29, 1.82) is 5.26 Å². The van der Waals surface area contributed by atoms with Gasteiger partial charge in [-0.15, -0.1) is 0 Å². The fourth-order valence-corrected chi connectivity index (χ4v) is 4.11. The van der Waals surface area contributed by atoms with Crippen LogP contribution in [0.15, 0.2) is 71.4 Å². The fourth-order valence-electron chi connectivity index (χ4n) is 3.88. The van der Waals surface area contributed by atoms with Crippen LogP contribution in [0.4, 0.5) is 0 Å². The van der Waals surface area contributed by atoms with Gasteiger partial charge < -0.3 is 4.74 Å². The van der Waals surface area contributed by atoms with Crippen LogP contribution in [-0.2, 0) is 9.59 Å². The van der Waals surface area contributed by atoms with Crippen LogP contribution in [0.25, 0.3) is 23.0 Å². The number of hydrogen-bond donors (Lipinski definition) is 0. The predicted octanol–water partition coefficient (Wildman–Crippen LogP) is 5.59. The van der Waals surface area contributed by atoms with Crippen molar-refractivity contribution < 1.29 is 14.3 Å². The molecule has 4 rings (SSSR count). The number of carbonyl (C=O) groups is 2. The molecule has 0 aliphatic carbocycles. The first kappa shape index (κ1) is 25.0. The zero-order chi connectivity index (χ0) is 25.8. The van der Waals surface area contributed by atoms with Crippen molar-refractivity contribution in [1.82, 2.24) is 14.7 Å². The molecule has 7 nitrogen and oxygen atoms in total. The Bertz CT molecular complexity index is 1430. The van der Waals surface area contributed by atoms with Crippen molar-refractivity contribution in [3.63, 3.8) is 0 Å². The number of likely N-dealkylation sites (N-methyl/N-ethyl adjacent to an activating group) is 1. The van der Waals surface area contributed by atoms with Gasteiger partial charge in [-0.2, -0.15) is 10.4 Å². The summed E-state index contributed by atoms with van der Waals surface area (Å²) in [7, 11) is 1.37. The number of imide groups is 1. The minimum Gasteiger partial charge on any atom is -0.492 e. The number of nitriles is 1. The zero-order valence-corrected chi connectivity index (χ0v) is 21.0. The summed E-state index contributed by atoms with van der Waals surface area (Å²) >= 11 is 6.53. The Balaban J connectivity index is 1.85. The lowest BCUT2D eigenvalue weighted by atomic mass is 9.93. The Morgan fingerprint density at radius 1 is 1.14 bits per heavy atom. The monoisotopic (exact) mass is 500 g/mol. The van der Waals surface area contributed by atoms with E-state index in [0.29, 0.717) is 34.2 Å². The number of carbonyl (C=O) groups excluding carboxylic acids is 2. The normalized spacial score (nSPS) is 15.0. The van der Waals surface area contributed by atoms with Crippen LogP contribution in [0.3, 0.4) is 0 Å². The maximum absolute atomic E-state index is 13.0. The molecule has 36 heavy (non-hydrogen) atoms. The molecule has 0 radical (unpaired) electrons. The third-order valence-corrected chi connectivity index (χ3v) is 6.26. The number of hydrogen-bond acceptors (Lipinski definition) is 5. The molecule has 2 amide bonds. The standard InChI is InChI=1S/C28H25ClN4O3/c1-4-5-13-36-25-12-11-19(15-24(25)29)26-20(17-33(31-26)21-9-7-6-8-10-21)14-22-18(2)23(16-30)28(35)32(3)27(22)34/h6-12,14-15,17H,4-5,13H2,1-3H3/b22-14+. The van der Waals surface area contributed by atoms with E-state index in [2.05, 4.69) is 6.92 Å². The van der Waals surface area contributed by atoms with E-state index in [9.17, 15) is 14.9 Å². The van der Waals surface area contributed by atoms with E-state index < -0.39 is 11.8 Å². The fraction of sp³-hybridized carbons (Fsp3) is 0.214. The molecule has 0 atom stereocenters. The number of benzene rings is 2. The average Bonchev–Trinajstić information content (AvgIpc) is 3.31. The summed E-state index contributed by atoms with van der Waals surface area (Å²) in [6.45, 7) is 4.28. The lowest BCUT2D eigenvalue weighted by molar-refractivity contribution is -0.138. The van der Waals surface area contributed by atoms with E-state index in [4.69, 9.17) is 21.4 Å². The van der Waals surface area contributed by atoms with Gasteiger partial charge in [-0.25, -0.2) is 4.68 Å². The van der Waals surface area contributed by atoms with Gasteiger partial charge >= 0.3 is 0 Å². The van der Waals surface area contributed by atoms with E-state index >= 15 is 0 Å². The second kappa shape index (κ2) is 10.6. The molecule has 1 aliphatic rings. The maximum atomic E-state index is 13.0. The summed E-state index contributed by atoms with van der Waals surface area (Å²) in [6, 6.07) is 17.0. The lowest BCUT2D eigenvalue weighted by Gasteiger charge is -2.23. The summed E-state index contributed by atoms with van der Waals surface area (Å²) in [5.41, 5.74) is 3.33. The van der Waals surface area contributed by atoms with Gasteiger partial charge in [-0.1, -0.05) is 43.1 Å². The molecule has 1 aliphatic heterocycles. The minimum absolute atomic E-state index is 0.0584. The summed E-state index contributed by atoms with van der Waals surface area (Å²) in [6.07, 6.45) is 5.42. The number of halogens is 1. The molecular formula is C28H25ClN4O3. The molecule has 0 bridgehead atoms. The van der Waals surface area contributed by atoms with Crippen molar-refractivity contribution in [2.24, 2.45) is 0 Å². The highest BCUT2D eigenvalue weighted by atomic mass is 35.5. The third-order valence-electron chi connectivity index (χ3n) is 5.97. The van der Waals surface area contributed by atoms with Crippen LogP contribution in [0.2, 0.25) is 5.02 Å². The summed E-state index contributed by atoms with van der Waals surface area (Å²) < 4.78 is 7.50. The summed E-state index contributed by atoms with van der Waals surface area (Å²) in [5, 5.41) is 14.7. The molecule has 2 aromatic carbocycles. The summed E-state index contributed by atoms with van der Waals surface area (Å²) in [5.74, 6) is -0.494. The number of rotatable bonds is 7. The van der Waals surface area contributed by atoms with Crippen molar-refractivity contribution in [2.45, 2.75) is 26.7 Å². The Hall–Kier alpha value is -4.15. The first-order chi connectivity index (χ1) is 17.3. The molecule has 182 valence electrons. The van der Waals surface area contributed by atoms with Gasteiger partial charge in [0.25, 0.3) is 11.8 Å². The Labute approximate surface area is 214 Å². The predicted molar refractivity (Wildman–Crippen MR) is 138 cm³/mol. The van der Waals surface area contributed by atoms with Crippen LogP contribution < -0.4 is 4.74 Å². The number of amides is 2. The lowest BCUT2D eigenvalue weighted by Crippen LogP contribution is -2.39. The highest BCUT2D eigenvalue weighted by Gasteiger charge is 2.33. The van der Waals surface area contributed by atoms with Gasteiger partial charge in [0.2, 0.25) is 0 Å². The molecule has 0 saturated heterocycles. The molecule has 0 spiro atoms. The van der Waals surface area contributed by atoms with Gasteiger partial charge in [-0.3, -0.25) is 14.5 Å². The Kier molecular flexibility index (Phi) is 7.37. The van der Waals surface area contributed by atoms with Crippen LogP contribution in [0.5, 0.6) is 5.75 Å². The number of unbranched alkanes of at least 4 members (excludes halogenated alkanes) is 1. The highest BCUT2D eigenvalue weighted by Crippen LogP contribution is 2.34. The third kappa shape index (κ3) is 4.81. The van der Waals surface area contributed by atoms with Crippen molar-refractivity contribution in [3.8, 4) is 28.8 Å². The van der Waals surface area contributed by atoms with Gasteiger partial charge in [0.1, 0.15) is 23.1 Å². The van der Waals surface area contributed by atoms with Crippen LogP contribution in [0.1, 0.15) is 32.3 Å². The number of ether oxygens (including phenoxy) is 1. The molecule has 1 aromatic heterocycles. The van der Waals surface area contributed by atoms with E-state index in [1.807, 2.05) is 48.5 Å². The topological polar surface area (TPSA) is 88.2 Å². The maximum Gasteiger partial charge on any atom is 0.271 e. The van der Waals surface area contributed by atoms with Gasteiger partial charge in [0, 0.05) is 29.9 Å². The highest BCUT2D eigenvalue weighted by molar-refractivity contribution is 6.32. The quantitative estimate of drug-likeness (QED) is 0.239. The second-order valence-electron chi connectivity index (χ2n) is 8.40. The van der Waals surface area contributed by atoms with Crippen LogP contribution >= 0.6 is 11.6 Å². The van der Waals surface area contributed by atoms with Crippen LogP contribution in [0, 0.1) is 11.3 Å². The number of aromatic nitrogens is 2.